The van der Waals surface area contributed by atoms with Crippen LogP contribution in [0.3, 0.4) is 0 Å². The number of nitrogens with one attached hydrogen (secondary N) is 3. The number of aliphatic hydroxyl groups excluding tert-OH is 1. The molecule has 1 aromatic heterocycles. The molecule has 1 saturated heterocycles. The number of aromatic nitrogens is 2. The monoisotopic (exact) mass is 510 g/mol. The highest BCUT2D eigenvalue weighted by atomic mass is 16.3. The molecule has 2 fully saturated rings. The van der Waals surface area contributed by atoms with E-state index in [0.29, 0.717) is 29.3 Å². The van der Waals surface area contributed by atoms with Crippen LogP contribution in [-0.2, 0) is 11.2 Å². The van der Waals surface area contributed by atoms with Crippen molar-refractivity contribution < 1.29 is 14.7 Å². The zero-order valence-electron chi connectivity index (χ0n) is 21.9. The van der Waals surface area contributed by atoms with E-state index in [9.17, 15) is 14.7 Å². The standard InChI is InChI=1S/C26H38N8O3/c1-4-20-25(29-17-5-8-19(36)9-6-17)32-26(23(31-20)24(27)37)30-18-7-10-22(21(15-18)28-16(2)35)34-13-11-33(3)12-14-34/h7,10,15,17,19,36H,4-6,8-9,11-14H2,1-3H3,(H2,27,37)(H,28,35)(H2,29,30,32). The molecule has 1 saturated carbocycles. The smallest absolute Gasteiger partial charge is 0.271 e. The minimum Gasteiger partial charge on any atom is -0.393 e. The van der Waals surface area contributed by atoms with Crippen LogP contribution in [0.5, 0.6) is 0 Å². The summed E-state index contributed by atoms with van der Waals surface area (Å²) in [5.74, 6) is 0.0198. The Kier molecular flexibility index (Phi) is 8.45. The Balaban J connectivity index is 1.63. The van der Waals surface area contributed by atoms with Gasteiger partial charge in [-0.3, -0.25) is 9.59 Å². The van der Waals surface area contributed by atoms with E-state index in [1.54, 1.807) is 0 Å². The number of aryl methyl sites for hydroxylation is 1. The van der Waals surface area contributed by atoms with Gasteiger partial charge in [0.1, 0.15) is 5.82 Å². The average Bonchev–Trinajstić information content (AvgIpc) is 2.86. The third-order valence-electron chi connectivity index (χ3n) is 6.99. The van der Waals surface area contributed by atoms with Crippen molar-refractivity contribution in [1.82, 2.24) is 14.9 Å². The van der Waals surface area contributed by atoms with E-state index in [4.69, 9.17) is 10.7 Å². The normalized spacial score (nSPS) is 20.4. The van der Waals surface area contributed by atoms with Crippen molar-refractivity contribution in [2.75, 3.05) is 54.1 Å². The third-order valence-corrected chi connectivity index (χ3v) is 6.99. The van der Waals surface area contributed by atoms with E-state index < -0.39 is 5.91 Å². The molecule has 0 spiro atoms. The lowest BCUT2D eigenvalue weighted by atomic mass is 9.93. The van der Waals surface area contributed by atoms with Crippen molar-refractivity contribution >= 4 is 40.5 Å². The van der Waals surface area contributed by atoms with Crippen molar-refractivity contribution in [1.29, 1.82) is 0 Å². The summed E-state index contributed by atoms with van der Waals surface area (Å²) in [4.78, 5) is 38.1. The fraction of sp³-hybridized carbons (Fsp3) is 0.538. The van der Waals surface area contributed by atoms with Gasteiger partial charge in [-0.05, 0) is 57.4 Å². The Bertz CT molecular complexity index is 1130. The first-order chi connectivity index (χ1) is 17.7. The number of benzene rings is 1. The second-order valence-corrected chi connectivity index (χ2v) is 9.91. The van der Waals surface area contributed by atoms with Crippen LogP contribution in [0.15, 0.2) is 18.2 Å². The van der Waals surface area contributed by atoms with Crippen molar-refractivity contribution in [3.05, 3.63) is 29.6 Å². The van der Waals surface area contributed by atoms with E-state index >= 15 is 0 Å². The molecule has 0 unspecified atom stereocenters. The average molecular weight is 511 g/mol. The molecule has 11 heteroatoms. The van der Waals surface area contributed by atoms with Gasteiger partial charge in [0.05, 0.1) is 23.2 Å². The maximum absolute atomic E-state index is 12.3. The number of likely N-dealkylation sites (N-methyl/N-ethyl adjacent to an activating group) is 1. The van der Waals surface area contributed by atoms with Crippen LogP contribution in [0, 0.1) is 0 Å². The van der Waals surface area contributed by atoms with Crippen LogP contribution in [0.4, 0.5) is 28.7 Å². The molecular formula is C26H38N8O3. The predicted molar refractivity (Wildman–Crippen MR) is 146 cm³/mol. The molecule has 2 amide bonds. The minimum atomic E-state index is -0.673. The topological polar surface area (TPSA) is 149 Å². The van der Waals surface area contributed by atoms with Crippen LogP contribution in [0.2, 0.25) is 0 Å². The Morgan fingerprint density at radius 2 is 1.78 bits per heavy atom. The Morgan fingerprint density at radius 1 is 1.08 bits per heavy atom. The first-order valence-electron chi connectivity index (χ1n) is 13.0. The highest BCUT2D eigenvalue weighted by Crippen LogP contribution is 2.32. The number of nitrogens with zero attached hydrogens (tertiary/aromatic N) is 4. The molecule has 37 heavy (non-hydrogen) atoms. The quantitative estimate of drug-likeness (QED) is 0.361. The van der Waals surface area contributed by atoms with Crippen LogP contribution in [-0.4, -0.2) is 77.2 Å². The number of carbonyl (C=O) groups is 2. The molecular weight excluding hydrogens is 472 g/mol. The number of piperazine rings is 1. The molecule has 6 N–H and O–H groups in total. The number of anilines is 5. The summed E-state index contributed by atoms with van der Waals surface area (Å²) in [5, 5.41) is 19.5. The molecule has 0 bridgehead atoms. The van der Waals surface area contributed by atoms with Crippen LogP contribution < -0.4 is 26.6 Å². The van der Waals surface area contributed by atoms with Gasteiger partial charge in [-0.1, -0.05) is 6.92 Å². The number of amides is 2. The number of aliphatic hydroxyl groups is 1. The molecule has 2 aliphatic rings. The Labute approximate surface area is 217 Å². The third kappa shape index (κ3) is 6.66. The number of hydrogen-bond acceptors (Lipinski definition) is 9. The predicted octanol–water partition coefficient (Wildman–Crippen LogP) is 2.31. The number of hydrogen-bond donors (Lipinski definition) is 5. The molecule has 1 aliphatic carbocycles. The molecule has 0 atom stereocenters. The lowest BCUT2D eigenvalue weighted by Crippen LogP contribution is -2.44. The van der Waals surface area contributed by atoms with Crippen LogP contribution in [0.25, 0.3) is 0 Å². The Hall–Kier alpha value is -3.44. The number of nitrogens with two attached hydrogens (primary N) is 1. The van der Waals surface area contributed by atoms with E-state index in [2.05, 4.69) is 37.8 Å². The second kappa shape index (κ2) is 11.7. The number of primary amides is 1. The number of carbonyl (C=O) groups excluding carboxylic acids is 2. The van der Waals surface area contributed by atoms with Crippen molar-refractivity contribution in [3.8, 4) is 0 Å². The summed E-state index contributed by atoms with van der Waals surface area (Å²) in [6.45, 7) is 7.04. The zero-order valence-corrected chi connectivity index (χ0v) is 21.9. The van der Waals surface area contributed by atoms with E-state index in [-0.39, 0.29) is 29.6 Å². The lowest BCUT2D eigenvalue weighted by Gasteiger charge is -2.35. The van der Waals surface area contributed by atoms with Gasteiger partial charge in [0.2, 0.25) is 5.91 Å². The summed E-state index contributed by atoms with van der Waals surface area (Å²) in [7, 11) is 2.10. The summed E-state index contributed by atoms with van der Waals surface area (Å²) in [5.41, 5.74) is 8.67. The van der Waals surface area contributed by atoms with Crippen LogP contribution >= 0.6 is 0 Å². The summed E-state index contributed by atoms with van der Waals surface area (Å²) >= 11 is 0. The van der Waals surface area contributed by atoms with Crippen molar-refractivity contribution in [2.24, 2.45) is 5.73 Å². The molecule has 1 aromatic carbocycles. The summed E-state index contributed by atoms with van der Waals surface area (Å²) in [6.07, 6.45) is 3.47. The van der Waals surface area contributed by atoms with E-state index in [1.165, 1.54) is 6.92 Å². The first-order valence-corrected chi connectivity index (χ1v) is 13.0. The van der Waals surface area contributed by atoms with E-state index in [1.807, 2.05) is 25.1 Å². The van der Waals surface area contributed by atoms with Crippen molar-refractivity contribution in [2.45, 2.75) is 58.1 Å². The highest BCUT2D eigenvalue weighted by Gasteiger charge is 2.23. The number of rotatable bonds is 8. The SMILES string of the molecule is CCc1nc(C(N)=O)c(Nc2ccc(N3CCN(C)CC3)c(NC(C)=O)c2)nc1NC1CCC(O)CC1. The molecule has 2 heterocycles. The van der Waals surface area contributed by atoms with Gasteiger partial charge < -0.3 is 36.6 Å². The maximum Gasteiger partial charge on any atom is 0.271 e. The van der Waals surface area contributed by atoms with Crippen LogP contribution in [0.1, 0.15) is 55.7 Å². The zero-order chi connectivity index (χ0) is 26.5. The second-order valence-electron chi connectivity index (χ2n) is 9.91. The molecule has 1 aliphatic heterocycles. The van der Waals surface area contributed by atoms with Gasteiger partial charge in [-0.2, -0.15) is 0 Å². The Morgan fingerprint density at radius 3 is 2.41 bits per heavy atom. The molecule has 4 rings (SSSR count). The van der Waals surface area contributed by atoms with Gasteiger partial charge in [0.25, 0.3) is 5.91 Å². The molecule has 2 aromatic rings. The fourth-order valence-corrected chi connectivity index (χ4v) is 4.87. The lowest BCUT2D eigenvalue weighted by molar-refractivity contribution is -0.114. The fourth-order valence-electron chi connectivity index (χ4n) is 4.87. The van der Waals surface area contributed by atoms with Crippen molar-refractivity contribution in [3.63, 3.8) is 0 Å². The molecule has 11 nitrogen and oxygen atoms in total. The molecule has 200 valence electrons. The highest BCUT2D eigenvalue weighted by molar-refractivity contribution is 5.97. The summed E-state index contributed by atoms with van der Waals surface area (Å²) < 4.78 is 0. The first kappa shape index (κ1) is 26.6. The van der Waals surface area contributed by atoms with Gasteiger partial charge in [-0.15, -0.1) is 0 Å². The largest absolute Gasteiger partial charge is 0.393 e. The van der Waals surface area contributed by atoms with E-state index in [0.717, 1.165) is 57.5 Å². The van der Waals surface area contributed by atoms with Gasteiger partial charge in [-0.25, -0.2) is 9.97 Å². The molecule has 0 radical (unpaired) electrons. The van der Waals surface area contributed by atoms with Gasteiger partial charge in [0.15, 0.2) is 11.5 Å². The summed E-state index contributed by atoms with van der Waals surface area (Å²) in [6, 6.07) is 5.87. The maximum atomic E-state index is 12.3. The minimum absolute atomic E-state index is 0.0608. The van der Waals surface area contributed by atoms with Gasteiger partial charge in [0, 0.05) is 44.8 Å². The van der Waals surface area contributed by atoms with Gasteiger partial charge >= 0.3 is 0 Å².